The van der Waals surface area contributed by atoms with Crippen LogP contribution in [-0.2, 0) is 9.59 Å². The molecule has 5 nitrogen and oxygen atoms in total. The summed E-state index contributed by atoms with van der Waals surface area (Å²) in [6.07, 6.45) is 1.02. The predicted molar refractivity (Wildman–Crippen MR) is 112 cm³/mol. The highest BCUT2D eigenvalue weighted by Gasteiger charge is 2.43. The van der Waals surface area contributed by atoms with Crippen LogP contribution in [0.2, 0.25) is 0 Å². The number of carbonyl (C=O) groups excluding carboxylic acids is 2. The molecule has 1 aromatic heterocycles. The molecule has 3 heterocycles. The van der Waals surface area contributed by atoms with Gasteiger partial charge in [0.2, 0.25) is 11.8 Å². The van der Waals surface area contributed by atoms with Crippen molar-refractivity contribution in [3.05, 3.63) is 52.2 Å². The molecule has 2 amide bonds. The highest BCUT2D eigenvalue weighted by molar-refractivity contribution is 7.10. The number of carbonyl (C=O) groups is 2. The van der Waals surface area contributed by atoms with Crippen molar-refractivity contribution in [3.8, 4) is 0 Å². The molecule has 2 aliphatic rings. The second-order valence-electron chi connectivity index (χ2n) is 7.84. The van der Waals surface area contributed by atoms with Gasteiger partial charge in [-0.1, -0.05) is 23.8 Å². The SMILES string of the molecule is Cc1ccc(N2C(=O)CCC(C(=O)N3CCNC(C)C3)C2c2cccs2)cc1. The molecule has 1 aromatic carbocycles. The molecule has 28 heavy (non-hydrogen) atoms. The molecule has 2 fully saturated rings. The Bertz CT molecular complexity index is 834. The van der Waals surface area contributed by atoms with Crippen LogP contribution in [0.4, 0.5) is 5.69 Å². The molecule has 0 saturated carbocycles. The van der Waals surface area contributed by atoms with E-state index in [0.29, 0.717) is 18.9 Å². The van der Waals surface area contributed by atoms with Gasteiger partial charge in [-0.2, -0.15) is 0 Å². The van der Waals surface area contributed by atoms with E-state index in [1.165, 1.54) is 0 Å². The average molecular weight is 398 g/mol. The van der Waals surface area contributed by atoms with Gasteiger partial charge in [0.1, 0.15) is 0 Å². The minimum absolute atomic E-state index is 0.0972. The minimum atomic E-state index is -0.235. The summed E-state index contributed by atoms with van der Waals surface area (Å²) < 4.78 is 0. The van der Waals surface area contributed by atoms with Gasteiger partial charge in [-0.3, -0.25) is 9.59 Å². The maximum atomic E-state index is 13.5. The van der Waals surface area contributed by atoms with Crippen molar-refractivity contribution >= 4 is 28.8 Å². The van der Waals surface area contributed by atoms with Gasteiger partial charge in [0.25, 0.3) is 0 Å². The summed E-state index contributed by atoms with van der Waals surface area (Å²) in [6.45, 7) is 6.43. The van der Waals surface area contributed by atoms with Crippen molar-refractivity contribution in [2.75, 3.05) is 24.5 Å². The van der Waals surface area contributed by atoms with Crippen LogP contribution in [0, 0.1) is 12.8 Å². The predicted octanol–water partition coefficient (Wildman–Crippen LogP) is 3.36. The Balaban J connectivity index is 1.70. The van der Waals surface area contributed by atoms with Crippen LogP contribution in [0.25, 0.3) is 0 Å². The number of rotatable bonds is 3. The zero-order chi connectivity index (χ0) is 19.7. The normalized spacial score (nSPS) is 25.8. The lowest BCUT2D eigenvalue weighted by Crippen LogP contribution is -2.55. The summed E-state index contributed by atoms with van der Waals surface area (Å²) in [4.78, 5) is 31.4. The lowest BCUT2D eigenvalue weighted by Gasteiger charge is -2.43. The van der Waals surface area contributed by atoms with Crippen molar-refractivity contribution in [1.82, 2.24) is 10.2 Å². The van der Waals surface area contributed by atoms with Crippen molar-refractivity contribution in [2.24, 2.45) is 5.92 Å². The second kappa shape index (κ2) is 8.05. The molecule has 4 rings (SSSR count). The average Bonchev–Trinajstić information content (AvgIpc) is 3.22. The number of piperidine rings is 1. The molecule has 1 N–H and O–H groups in total. The molecule has 3 atom stereocenters. The monoisotopic (exact) mass is 397 g/mol. The Kier molecular flexibility index (Phi) is 5.51. The number of benzene rings is 1. The number of nitrogens with zero attached hydrogens (tertiary/aromatic N) is 2. The summed E-state index contributed by atoms with van der Waals surface area (Å²) in [5.41, 5.74) is 2.03. The van der Waals surface area contributed by atoms with Gasteiger partial charge in [-0.15, -0.1) is 11.3 Å². The number of hydrogen-bond acceptors (Lipinski definition) is 4. The van der Waals surface area contributed by atoms with Crippen LogP contribution < -0.4 is 10.2 Å². The highest BCUT2D eigenvalue weighted by atomic mass is 32.1. The standard InChI is InChI=1S/C22H27N3O2S/c1-15-5-7-17(8-6-15)25-20(26)10-9-18(21(25)19-4-3-13-28-19)22(27)24-12-11-23-16(2)14-24/h3-8,13,16,18,21,23H,9-12,14H2,1-2H3. The van der Waals surface area contributed by atoms with Gasteiger partial charge in [-0.25, -0.2) is 0 Å². The summed E-state index contributed by atoms with van der Waals surface area (Å²) in [7, 11) is 0. The van der Waals surface area contributed by atoms with E-state index >= 15 is 0 Å². The summed E-state index contributed by atoms with van der Waals surface area (Å²) >= 11 is 1.62. The van der Waals surface area contributed by atoms with Crippen LogP contribution >= 0.6 is 11.3 Å². The quantitative estimate of drug-likeness (QED) is 0.864. The second-order valence-corrected chi connectivity index (χ2v) is 8.82. The number of piperazine rings is 1. The number of hydrogen-bond donors (Lipinski definition) is 1. The third-order valence-corrected chi connectivity index (χ3v) is 6.68. The van der Waals surface area contributed by atoms with Crippen LogP contribution in [0.3, 0.4) is 0 Å². The molecule has 2 aliphatic heterocycles. The van der Waals surface area contributed by atoms with Crippen LogP contribution in [0.5, 0.6) is 0 Å². The maximum Gasteiger partial charge on any atom is 0.228 e. The smallest absolute Gasteiger partial charge is 0.228 e. The van der Waals surface area contributed by atoms with Gasteiger partial charge in [-0.05, 0) is 43.8 Å². The molecule has 6 heteroatoms. The first-order chi connectivity index (χ1) is 13.5. The summed E-state index contributed by atoms with van der Waals surface area (Å²) in [5.74, 6) is 0.0688. The van der Waals surface area contributed by atoms with Gasteiger partial charge >= 0.3 is 0 Å². The van der Waals surface area contributed by atoms with Crippen molar-refractivity contribution in [3.63, 3.8) is 0 Å². The molecule has 0 radical (unpaired) electrons. The summed E-state index contributed by atoms with van der Waals surface area (Å²) in [6, 6.07) is 12.2. The van der Waals surface area contributed by atoms with Crippen LogP contribution in [0.15, 0.2) is 41.8 Å². The van der Waals surface area contributed by atoms with Crippen LogP contribution in [-0.4, -0.2) is 42.4 Å². The summed E-state index contributed by atoms with van der Waals surface area (Å²) in [5, 5.41) is 5.42. The van der Waals surface area contributed by atoms with Gasteiger partial charge in [0, 0.05) is 42.7 Å². The molecular formula is C22H27N3O2S. The van der Waals surface area contributed by atoms with E-state index in [9.17, 15) is 9.59 Å². The Morgan fingerprint density at radius 3 is 2.68 bits per heavy atom. The topological polar surface area (TPSA) is 52.7 Å². The number of anilines is 1. The van der Waals surface area contributed by atoms with E-state index in [1.807, 2.05) is 52.4 Å². The van der Waals surface area contributed by atoms with Gasteiger partial charge < -0.3 is 15.1 Å². The van der Waals surface area contributed by atoms with E-state index in [0.717, 1.165) is 35.8 Å². The Hall–Kier alpha value is -2.18. The fourth-order valence-corrected chi connectivity index (χ4v) is 5.19. The van der Waals surface area contributed by atoms with E-state index < -0.39 is 0 Å². The lowest BCUT2D eigenvalue weighted by molar-refractivity contribution is -0.139. The number of aryl methyl sites for hydroxylation is 1. The maximum absolute atomic E-state index is 13.5. The molecule has 0 bridgehead atoms. The Labute approximate surface area is 170 Å². The molecule has 0 spiro atoms. The number of amides is 2. The van der Waals surface area contributed by atoms with Gasteiger partial charge in [0.05, 0.1) is 12.0 Å². The largest absolute Gasteiger partial charge is 0.340 e. The first-order valence-electron chi connectivity index (χ1n) is 9.99. The number of nitrogens with one attached hydrogen (secondary N) is 1. The molecule has 3 unspecified atom stereocenters. The molecule has 2 saturated heterocycles. The molecule has 2 aromatic rings. The highest BCUT2D eigenvalue weighted by Crippen LogP contribution is 2.42. The van der Waals surface area contributed by atoms with E-state index in [2.05, 4.69) is 18.3 Å². The van der Waals surface area contributed by atoms with Gasteiger partial charge in [0.15, 0.2) is 0 Å². The fourth-order valence-electron chi connectivity index (χ4n) is 4.31. The molecular weight excluding hydrogens is 370 g/mol. The van der Waals surface area contributed by atoms with Crippen molar-refractivity contribution < 1.29 is 9.59 Å². The zero-order valence-electron chi connectivity index (χ0n) is 16.4. The first-order valence-corrected chi connectivity index (χ1v) is 10.9. The van der Waals surface area contributed by atoms with E-state index in [-0.39, 0.29) is 23.8 Å². The molecule has 0 aliphatic carbocycles. The Morgan fingerprint density at radius 2 is 2.00 bits per heavy atom. The first kappa shape index (κ1) is 19.2. The third-order valence-electron chi connectivity index (χ3n) is 5.74. The van der Waals surface area contributed by atoms with Crippen molar-refractivity contribution in [1.29, 1.82) is 0 Å². The lowest BCUT2D eigenvalue weighted by atomic mass is 9.85. The Morgan fingerprint density at radius 1 is 1.21 bits per heavy atom. The van der Waals surface area contributed by atoms with E-state index in [1.54, 1.807) is 11.3 Å². The van der Waals surface area contributed by atoms with Crippen LogP contribution in [0.1, 0.15) is 36.2 Å². The third kappa shape index (κ3) is 3.71. The molecule has 148 valence electrons. The number of thiophene rings is 1. The fraction of sp³-hybridized carbons (Fsp3) is 0.455. The van der Waals surface area contributed by atoms with E-state index in [4.69, 9.17) is 0 Å². The van der Waals surface area contributed by atoms with Crippen molar-refractivity contribution in [2.45, 2.75) is 38.8 Å². The zero-order valence-corrected chi connectivity index (χ0v) is 17.2. The minimum Gasteiger partial charge on any atom is -0.340 e.